The Hall–Kier alpha value is -7.00. The van der Waals surface area contributed by atoms with Gasteiger partial charge in [-0.3, -0.25) is 0 Å². The third-order valence-corrected chi connectivity index (χ3v) is 13.4. The van der Waals surface area contributed by atoms with E-state index in [9.17, 15) is 0 Å². The van der Waals surface area contributed by atoms with Crippen LogP contribution in [0.2, 0.25) is 0 Å². The van der Waals surface area contributed by atoms with Gasteiger partial charge in [-0.25, -0.2) is 0 Å². The second-order valence-electron chi connectivity index (χ2n) is 15.2. The minimum atomic E-state index is -0.371. The summed E-state index contributed by atoms with van der Waals surface area (Å²) in [6.45, 7) is 0. The lowest BCUT2D eigenvalue weighted by Crippen LogP contribution is -2.25. The second kappa shape index (κ2) is 12.5. The third-order valence-electron chi connectivity index (χ3n) is 12.3. The van der Waals surface area contributed by atoms with E-state index in [1.54, 1.807) is 0 Å². The first-order valence-electron chi connectivity index (χ1n) is 19.7. The van der Waals surface area contributed by atoms with E-state index in [4.69, 9.17) is 0 Å². The maximum atomic E-state index is 2.44. The maximum absolute atomic E-state index is 2.44. The van der Waals surface area contributed by atoms with Crippen LogP contribution in [0.15, 0.2) is 212 Å². The molecule has 2 aliphatic rings. The molecule has 1 aromatic heterocycles. The Morgan fingerprint density at radius 1 is 0.298 bits per heavy atom. The molecule has 2 aliphatic carbocycles. The van der Waals surface area contributed by atoms with Crippen LogP contribution in [0.25, 0.3) is 64.7 Å². The summed E-state index contributed by atoms with van der Waals surface area (Å²) in [5.74, 6) is 0. The predicted octanol–water partition coefficient (Wildman–Crippen LogP) is 15.2. The molecule has 0 saturated carbocycles. The zero-order chi connectivity index (χ0) is 37.5. The number of fused-ring (bicyclic) bond motifs is 13. The van der Waals surface area contributed by atoms with Gasteiger partial charge in [0.05, 0.1) is 5.41 Å². The molecule has 10 aromatic rings. The molecule has 1 spiro atoms. The molecule has 0 N–H and O–H groups in total. The number of hydrogen-bond acceptors (Lipinski definition) is 2. The van der Waals surface area contributed by atoms with Gasteiger partial charge in [0.25, 0.3) is 0 Å². The Bertz CT molecular complexity index is 3140. The SMILES string of the molecule is c1ccc(-c2ccc(N(c3cccc(-c4ccc5sc6ccccc6c5c4)c3)c3ccc4c(c3)-c3ccccc3C43c4ccccc4-c4ccccc43)cc2)cc1. The fraction of sp³-hybridized carbons (Fsp3) is 0.0182. The normalized spacial score (nSPS) is 13.1. The molecule has 0 amide bonds. The first-order valence-corrected chi connectivity index (χ1v) is 20.5. The second-order valence-corrected chi connectivity index (χ2v) is 16.3. The van der Waals surface area contributed by atoms with E-state index in [2.05, 4.69) is 217 Å². The molecule has 1 heterocycles. The lowest BCUT2D eigenvalue weighted by atomic mass is 9.70. The Morgan fingerprint density at radius 3 is 1.54 bits per heavy atom. The number of benzene rings is 9. The number of rotatable bonds is 5. The van der Waals surface area contributed by atoms with Crippen molar-refractivity contribution in [1.82, 2.24) is 0 Å². The molecule has 0 radical (unpaired) electrons. The van der Waals surface area contributed by atoms with Gasteiger partial charge in [0.1, 0.15) is 0 Å². The highest BCUT2D eigenvalue weighted by Crippen LogP contribution is 2.63. The third kappa shape index (κ3) is 4.75. The zero-order valence-electron chi connectivity index (χ0n) is 31.1. The largest absolute Gasteiger partial charge is 0.310 e. The van der Waals surface area contributed by atoms with Crippen LogP contribution < -0.4 is 4.90 Å². The van der Waals surface area contributed by atoms with Gasteiger partial charge in [0.15, 0.2) is 0 Å². The van der Waals surface area contributed by atoms with Gasteiger partial charge in [0.2, 0.25) is 0 Å². The van der Waals surface area contributed by atoms with E-state index in [1.807, 2.05) is 11.3 Å². The van der Waals surface area contributed by atoms with Crippen molar-refractivity contribution in [3.05, 3.63) is 235 Å². The summed E-state index contributed by atoms with van der Waals surface area (Å²) in [6.07, 6.45) is 0. The minimum absolute atomic E-state index is 0.371. The van der Waals surface area contributed by atoms with Crippen molar-refractivity contribution >= 4 is 48.6 Å². The molecular formula is C55H35NS. The number of thiophene rings is 1. The first-order chi connectivity index (χ1) is 28.3. The van der Waals surface area contributed by atoms with Gasteiger partial charge in [0, 0.05) is 37.2 Å². The summed E-state index contributed by atoms with van der Waals surface area (Å²) in [5, 5.41) is 2.63. The molecule has 0 unspecified atom stereocenters. The van der Waals surface area contributed by atoms with Crippen molar-refractivity contribution in [2.75, 3.05) is 4.90 Å². The van der Waals surface area contributed by atoms with Crippen LogP contribution in [-0.4, -0.2) is 0 Å². The maximum Gasteiger partial charge on any atom is 0.0725 e. The van der Waals surface area contributed by atoms with Gasteiger partial charge in [-0.2, -0.15) is 0 Å². The highest BCUT2D eigenvalue weighted by molar-refractivity contribution is 7.25. The van der Waals surface area contributed by atoms with Crippen LogP contribution in [0.5, 0.6) is 0 Å². The molecule has 12 rings (SSSR count). The summed E-state index contributed by atoms with van der Waals surface area (Å²) in [5.41, 5.74) is 18.5. The van der Waals surface area contributed by atoms with Crippen LogP contribution in [-0.2, 0) is 5.41 Å². The Morgan fingerprint density at radius 2 is 0.807 bits per heavy atom. The minimum Gasteiger partial charge on any atom is -0.310 e. The van der Waals surface area contributed by atoms with Crippen molar-refractivity contribution in [3.63, 3.8) is 0 Å². The quantitative estimate of drug-likeness (QED) is 0.170. The fourth-order valence-corrected chi connectivity index (χ4v) is 10.9. The van der Waals surface area contributed by atoms with E-state index in [-0.39, 0.29) is 5.41 Å². The molecule has 0 aliphatic heterocycles. The summed E-state index contributed by atoms with van der Waals surface area (Å²) in [6, 6.07) is 78.7. The van der Waals surface area contributed by atoms with Crippen molar-refractivity contribution in [3.8, 4) is 44.5 Å². The van der Waals surface area contributed by atoms with Gasteiger partial charge < -0.3 is 4.90 Å². The van der Waals surface area contributed by atoms with Crippen LogP contribution in [0.1, 0.15) is 22.3 Å². The fourth-order valence-electron chi connectivity index (χ4n) is 9.84. The average molecular weight is 742 g/mol. The van der Waals surface area contributed by atoms with Crippen LogP contribution >= 0.6 is 11.3 Å². The number of hydrogen-bond donors (Lipinski definition) is 0. The summed E-state index contributed by atoms with van der Waals surface area (Å²) in [7, 11) is 0. The van der Waals surface area contributed by atoms with Gasteiger partial charge in [-0.1, -0.05) is 158 Å². The van der Waals surface area contributed by atoms with E-state index >= 15 is 0 Å². The summed E-state index contributed by atoms with van der Waals surface area (Å²) >= 11 is 1.86. The van der Waals surface area contributed by atoms with Crippen LogP contribution in [0.4, 0.5) is 17.1 Å². The molecule has 1 nitrogen and oxygen atoms in total. The highest BCUT2D eigenvalue weighted by atomic mass is 32.1. The molecule has 57 heavy (non-hydrogen) atoms. The summed E-state index contributed by atoms with van der Waals surface area (Å²) < 4.78 is 2.65. The smallest absolute Gasteiger partial charge is 0.0725 e. The van der Waals surface area contributed by atoms with Gasteiger partial charge in [-0.15, -0.1) is 11.3 Å². The van der Waals surface area contributed by atoms with E-state index in [0.717, 1.165) is 17.1 Å². The van der Waals surface area contributed by atoms with Crippen molar-refractivity contribution in [2.45, 2.75) is 5.41 Å². The first kappa shape index (κ1) is 32.3. The number of nitrogens with zero attached hydrogens (tertiary/aromatic N) is 1. The van der Waals surface area contributed by atoms with Crippen LogP contribution in [0, 0.1) is 0 Å². The Balaban J connectivity index is 1.05. The van der Waals surface area contributed by atoms with Crippen LogP contribution in [0.3, 0.4) is 0 Å². The van der Waals surface area contributed by atoms with E-state index in [1.165, 1.54) is 86.9 Å². The lowest BCUT2D eigenvalue weighted by molar-refractivity contribution is 0.794. The number of anilines is 3. The van der Waals surface area contributed by atoms with Gasteiger partial charge >= 0.3 is 0 Å². The molecule has 2 heteroatoms. The zero-order valence-corrected chi connectivity index (χ0v) is 31.9. The van der Waals surface area contributed by atoms with E-state index in [0.29, 0.717) is 0 Å². The molecule has 9 aromatic carbocycles. The van der Waals surface area contributed by atoms with E-state index < -0.39 is 0 Å². The predicted molar refractivity (Wildman–Crippen MR) is 241 cm³/mol. The molecule has 266 valence electrons. The standard InChI is InChI=1S/C55H35NS/c1-2-13-36(14-3-1)37-25-28-40(29-26-37)56(41-16-12-15-38(33-41)39-27-32-54-48(34-39)46-20-7-11-24-53(46)57-54)42-30-31-52-47(35-42)45-19-6-10-23-51(45)55(52)49-21-8-4-17-43(49)44-18-5-9-22-50(44)55/h1-35H. The average Bonchev–Trinajstić information content (AvgIpc) is 3.91. The Labute approximate surface area is 336 Å². The van der Waals surface area contributed by atoms with Crippen molar-refractivity contribution < 1.29 is 0 Å². The molecule has 0 bridgehead atoms. The van der Waals surface area contributed by atoms with Crippen molar-refractivity contribution in [1.29, 1.82) is 0 Å². The lowest BCUT2D eigenvalue weighted by Gasteiger charge is -2.31. The highest BCUT2D eigenvalue weighted by Gasteiger charge is 2.51. The Kier molecular flexibility index (Phi) is 7.08. The van der Waals surface area contributed by atoms with Gasteiger partial charge in [-0.05, 0) is 121 Å². The molecule has 0 fully saturated rings. The summed E-state index contributed by atoms with van der Waals surface area (Å²) in [4.78, 5) is 2.43. The molecular weight excluding hydrogens is 707 g/mol. The monoisotopic (exact) mass is 741 g/mol. The molecule has 0 saturated heterocycles. The topological polar surface area (TPSA) is 3.24 Å². The van der Waals surface area contributed by atoms with Crippen molar-refractivity contribution in [2.24, 2.45) is 0 Å². The molecule has 0 atom stereocenters.